The van der Waals surface area contributed by atoms with Crippen molar-refractivity contribution >= 4 is 11.9 Å². The Hall–Kier alpha value is 0.548. The molecule has 4 N–H and O–H groups in total. The normalized spacial score (nSPS) is 6.52. The maximum absolute atomic E-state index is 9.60. The van der Waals surface area contributed by atoms with Crippen molar-refractivity contribution in [2.24, 2.45) is 0 Å². The van der Waals surface area contributed by atoms with Gasteiger partial charge in [-0.3, -0.25) is 0 Å². The summed E-state index contributed by atoms with van der Waals surface area (Å²) >= 11 is 0. The quantitative estimate of drug-likeness (QED) is 0.455. The molecule has 0 saturated carbocycles. The molecular formula is C15H32O6Y2. The maximum Gasteiger partial charge on any atom is 0.330 e. The van der Waals surface area contributed by atoms with Crippen LogP contribution in [0.5, 0.6) is 0 Å². The van der Waals surface area contributed by atoms with Crippen molar-refractivity contribution in [2.75, 3.05) is 13.2 Å². The van der Waals surface area contributed by atoms with Crippen LogP contribution >= 0.6 is 0 Å². The zero-order valence-electron chi connectivity index (χ0n) is 14.0. The van der Waals surface area contributed by atoms with Crippen LogP contribution in [0.3, 0.4) is 0 Å². The van der Waals surface area contributed by atoms with Crippen LogP contribution in [0.25, 0.3) is 0 Å². The van der Waals surface area contributed by atoms with Crippen LogP contribution in [-0.2, 0) is 75.0 Å². The minimum atomic E-state index is -0.935. The molecule has 0 unspecified atom stereocenters. The third kappa shape index (κ3) is 85.6. The van der Waals surface area contributed by atoms with Gasteiger partial charge in [0, 0.05) is 89.8 Å². The van der Waals surface area contributed by atoms with E-state index in [1.807, 2.05) is 13.8 Å². The Morgan fingerprint density at radius 2 is 0.870 bits per heavy atom. The number of aliphatic hydroxyl groups excluding tert-OH is 2. The molecular weight excluding hydrogens is 454 g/mol. The molecule has 0 rings (SSSR count). The van der Waals surface area contributed by atoms with Gasteiger partial charge < -0.3 is 20.4 Å². The predicted octanol–water partition coefficient (Wildman–Crippen LogP) is 2.70. The number of aliphatic carboxylic acids is 2. The zero-order chi connectivity index (χ0) is 17.1. The molecule has 0 atom stereocenters. The molecule has 0 aliphatic heterocycles. The molecule has 0 aromatic rings. The van der Waals surface area contributed by atoms with Gasteiger partial charge in [0.25, 0.3) is 0 Å². The fourth-order valence-electron chi connectivity index (χ4n) is 0. The van der Waals surface area contributed by atoms with Gasteiger partial charge >= 0.3 is 11.9 Å². The molecule has 2 radical (unpaired) electrons. The molecule has 0 spiro atoms. The molecule has 134 valence electrons. The van der Waals surface area contributed by atoms with Gasteiger partial charge in [0.1, 0.15) is 0 Å². The van der Waals surface area contributed by atoms with E-state index in [0.29, 0.717) is 13.2 Å². The molecule has 8 heteroatoms. The molecule has 0 fully saturated rings. The van der Waals surface area contributed by atoms with Crippen LogP contribution in [0.15, 0.2) is 24.3 Å². The third-order valence-corrected chi connectivity index (χ3v) is 1.18. The number of hydrogen-bond donors (Lipinski definition) is 4. The van der Waals surface area contributed by atoms with Crippen LogP contribution in [-0.4, -0.2) is 45.6 Å². The number of carboxylic acids is 2. The van der Waals surface area contributed by atoms with Crippen molar-refractivity contribution in [3.05, 3.63) is 24.3 Å². The third-order valence-electron chi connectivity index (χ3n) is 1.18. The van der Waals surface area contributed by atoms with Gasteiger partial charge in [-0.05, 0) is 26.7 Å². The number of rotatable bonds is 4. The summed E-state index contributed by atoms with van der Waals surface area (Å²) in [5.74, 6) is -1.87. The summed E-state index contributed by atoms with van der Waals surface area (Å²) in [5.41, 5.74) is 0.352. The Morgan fingerprint density at radius 1 is 0.783 bits per heavy atom. The van der Waals surface area contributed by atoms with Crippen molar-refractivity contribution in [2.45, 2.75) is 48.0 Å². The minimum Gasteiger partial charge on any atom is -0.478 e. The fraction of sp³-hybridized carbons (Fsp3) is 0.600. The SMILES string of the molecule is C.C=C(C)C(=O)O.C=C(C)C(=O)O.CCCO.CCCO.[Y].[Y]. The zero-order valence-corrected chi connectivity index (χ0v) is 19.7. The van der Waals surface area contributed by atoms with E-state index < -0.39 is 11.9 Å². The smallest absolute Gasteiger partial charge is 0.330 e. The summed E-state index contributed by atoms with van der Waals surface area (Å²) in [6.45, 7) is 13.7. The number of hydrogen-bond acceptors (Lipinski definition) is 4. The number of carboxylic acid groups (broad SMARTS) is 2. The molecule has 0 aromatic carbocycles. The molecule has 23 heavy (non-hydrogen) atoms. The van der Waals surface area contributed by atoms with E-state index in [2.05, 4.69) is 13.2 Å². The van der Waals surface area contributed by atoms with E-state index in [1.54, 1.807) is 0 Å². The van der Waals surface area contributed by atoms with Gasteiger partial charge in [0.05, 0.1) is 0 Å². The first-order valence-corrected chi connectivity index (χ1v) is 6.11. The maximum atomic E-state index is 9.60. The summed E-state index contributed by atoms with van der Waals surface area (Å²) in [6.07, 6.45) is 1.75. The molecule has 6 nitrogen and oxygen atoms in total. The second-order valence-electron chi connectivity index (χ2n) is 3.62. The van der Waals surface area contributed by atoms with Crippen LogP contribution in [0.2, 0.25) is 0 Å². The summed E-state index contributed by atoms with van der Waals surface area (Å²) in [5, 5.41) is 31.5. The van der Waals surface area contributed by atoms with Crippen molar-refractivity contribution in [3.8, 4) is 0 Å². The van der Waals surface area contributed by atoms with Crippen LogP contribution < -0.4 is 0 Å². The summed E-state index contributed by atoms with van der Waals surface area (Å²) in [6, 6.07) is 0. The van der Waals surface area contributed by atoms with Gasteiger partial charge in [-0.2, -0.15) is 0 Å². The van der Waals surface area contributed by atoms with Crippen molar-refractivity contribution < 1.29 is 95.4 Å². The Morgan fingerprint density at radius 3 is 0.870 bits per heavy atom. The van der Waals surface area contributed by atoms with Crippen LogP contribution in [0.1, 0.15) is 48.0 Å². The molecule has 0 amide bonds. The topological polar surface area (TPSA) is 115 Å². The first-order valence-electron chi connectivity index (χ1n) is 6.11. The largest absolute Gasteiger partial charge is 0.478 e. The summed E-state index contributed by atoms with van der Waals surface area (Å²) in [7, 11) is 0. The van der Waals surface area contributed by atoms with Gasteiger partial charge in [-0.1, -0.05) is 34.4 Å². The van der Waals surface area contributed by atoms with E-state index in [0.717, 1.165) is 12.8 Å². The van der Waals surface area contributed by atoms with Gasteiger partial charge in [0.15, 0.2) is 0 Å². The standard InChI is InChI=1S/2C4H6O2.2C3H8O.CH4.2Y/c2*1-3(2)4(5)6;2*1-2-3-4;;;/h2*1H2,2H3,(H,5,6);2*4H,2-3H2,1H3;1H4;;. The molecule has 0 saturated heterocycles. The molecule has 0 heterocycles. The second kappa shape index (κ2) is 38.2. The fourth-order valence-corrected chi connectivity index (χ4v) is 0. The van der Waals surface area contributed by atoms with E-state index in [4.69, 9.17) is 20.4 Å². The Kier molecular flexibility index (Phi) is 72.7. The number of carbonyl (C=O) groups is 2. The molecule has 0 bridgehead atoms. The van der Waals surface area contributed by atoms with Gasteiger partial charge in [0.2, 0.25) is 0 Å². The first-order chi connectivity index (χ1) is 9.11. The average Bonchev–Trinajstić information content (AvgIpc) is 2.39. The summed E-state index contributed by atoms with van der Waals surface area (Å²) in [4.78, 5) is 19.2. The first kappa shape index (κ1) is 43.7. The van der Waals surface area contributed by atoms with E-state index in [-0.39, 0.29) is 84.0 Å². The van der Waals surface area contributed by atoms with Crippen molar-refractivity contribution in [3.63, 3.8) is 0 Å². The average molecular weight is 486 g/mol. The van der Waals surface area contributed by atoms with Crippen molar-refractivity contribution in [1.82, 2.24) is 0 Å². The summed E-state index contributed by atoms with van der Waals surface area (Å²) < 4.78 is 0. The van der Waals surface area contributed by atoms with Crippen LogP contribution in [0.4, 0.5) is 0 Å². The molecule has 0 aliphatic rings. The van der Waals surface area contributed by atoms with E-state index in [9.17, 15) is 9.59 Å². The Balaban J connectivity index is -0.0000000289. The Labute approximate surface area is 191 Å². The molecule has 0 aliphatic carbocycles. The predicted molar refractivity (Wildman–Crippen MR) is 86.4 cm³/mol. The van der Waals surface area contributed by atoms with Gasteiger partial charge in [-0.25, -0.2) is 9.59 Å². The number of aliphatic hydroxyl groups is 2. The second-order valence-corrected chi connectivity index (χ2v) is 3.62. The van der Waals surface area contributed by atoms with Gasteiger partial charge in [-0.15, -0.1) is 0 Å². The minimum absolute atomic E-state index is 0. The van der Waals surface area contributed by atoms with Crippen molar-refractivity contribution in [1.29, 1.82) is 0 Å². The van der Waals surface area contributed by atoms with E-state index in [1.165, 1.54) is 13.8 Å². The van der Waals surface area contributed by atoms with Crippen LogP contribution in [0, 0.1) is 0 Å². The monoisotopic (exact) mass is 486 g/mol. The Bertz CT molecular complexity index is 225. The molecule has 0 aromatic heterocycles. The van der Waals surface area contributed by atoms with E-state index >= 15 is 0 Å².